The summed E-state index contributed by atoms with van der Waals surface area (Å²) < 4.78 is 0. The van der Waals surface area contributed by atoms with Crippen LogP contribution in [0.3, 0.4) is 0 Å². The molecule has 0 bridgehead atoms. The third-order valence-electron chi connectivity index (χ3n) is 1.60. The smallest absolute Gasteiger partial charge is 0.358 e. The van der Waals surface area contributed by atoms with Crippen molar-refractivity contribution in [1.29, 1.82) is 0 Å². The van der Waals surface area contributed by atoms with Crippen molar-refractivity contribution in [1.82, 2.24) is 10.2 Å². The molecule has 1 heterocycles. The molecule has 1 aromatic heterocycles. The van der Waals surface area contributed by atoms with Gasteiger partial charge in [0.1, 0.15) is 0 Å². The van der Waals surface area contributed by atoms with Gasteiger partial charge in [0.15, 0.2) is 0 Å². The van der Waals surface area contributed by atoms with E-state index in [9.17, 15) is 40.5 Å². The van der Waals surface area contributed by atoms with Crippen LogP contribution in [0.25, 0.3) is 0 Å². The molecule has 0 aromatic carbocycles. The van der Waals surface area contributed by atoms with Gasteiger partial charge < -0.3 is 20.2 Å². The molecule has 0 radical (unpaired) electrons. The van der Waals surface area contributed by atoms with E-state index in [0.29, 0.717) is 0 Å². The SMILES string of the molecule is O=[N+]([O-])c1nnc([N+](=O)[O-])c([N+](=O)[O-])c1[N+](=O)[O-]. The van der Waals surface area contributed by atoms with Crippen molar-refractivity contribution in [3.8, 4) is 0 Å². The van der Waals surface area contributed by atoms with Crippen molar-refractivity contribution >= 4 is 23.0 Å². The van der Waals surface area contributed by atoms with Gasteiger partial charge in [0, 0.05) is 0 Å². The van der Waals surface area contributed by atoms with Gasteiger partial charge in [-0.2, -0.15) is 0 Å². The van der Waals surface area contributed by atoms with E-state index < -0.39 is 42.7 Å². The molecule has 0 aliphatic heterocycles. The number of hydrogen-bond acceptors (Lipinski definition) is 10. The van der Waals surface area contributed by atoms with E-state index in [1.54, 1.807) is 0 Å². The van der Waals surface area contributed by atoms with Gasteiger partial charge in [0.25, 0.3) is 0 Å². The van der Waals surface area contributed by atoms with Gasteiger partial charge in [0.2, 0.25) is 10.2 Å². The van der Waals surface area contributed by atoms with Crippen LogP contribution in [0, 0.1) is 40.5 Å². The first-order valence-electron chi connectivity index (χ1n) is 3.75. The number of nitrogens with zero attached hydrogens (tertiary/aromatic N) is 6. The topological polar surface area (TPSA) is 198 Å². The number of hydrogen-bond donors (Lipinski definition) is 0. The molecule has 1 aromatic rings. The van der Waals surface area contributed by atoms with Crippen molar-refractivity contribution in [3.05, 3.63) is 40.5 Å². The molecule has 0 amide bonds. The van der Waals surface area contributed by atoms with Gasteiger partial charge in [-0.05, 0) is 9.85 Å². The largest absolute Gasteiger partial charge is 0.502 e. The van der Waals surface area contributed by atoms with E-state index in [0.717, 1.165) is 0 Å². The van der Waals surface area contributed by atoms with Crippen LogP contribution in [0.1, 0.15) is 0 Å². The first kappa shape index (κ1) is 12.7. The minimum atomic E-state index is -1.69. The molecule has 14 heteroatoms. The molecular formula is C4N6O8. The Morgan fingerprint density at radius 1 is 0.611 bits per heavy atom. The van der Waals surface area contributed by atoms with Crippen LogP contribution in [0.15, 0.2) is 0 Å². The van der Waals surface area contributed by atoms with Crippen molar-refractivity contribution < 1.29 is 19.7 Å². The fourth-order valence-electron chi connectivity index (χ4n) is 0.983. The summed E-state index contributed by atoms with van der Waals surface area (Å²) in [5.74, 6) is -3.09. The standard InChI is InChI=1S/C4N6O8/c11-7(12)1-2(8(13)14)4(10(17)18)6-5-3(1)9(15)16. The third-order valence-corrected chi connectivity index (χ3v) is 1.60. The molecule has 0 atom stereocenters. The second-order valence-corrected chi connectivity index (χ2v) is 2.57. The van der Waals surface area contributed by atoms with E-state index in [1.165, 1.54) is 0 Å². The van der Waals surface area contributed by atoms with Crippen molar-refractivity contribution in [2.45, 2.75) is 0 Å². The first-order valence-corrected chi connectivity index (χ1v) is 3.75. The maximum atomic E-state index is 10.5. The van der Waals surface area contributed by atoms with Crippen molar-refractivity contribution in [2.75, 3.05) is 0 Å². The maximum Gasteiger partial charge on any atom is 0.502 e. The lowest BCUT2D eigenvalue weighted by Gasteiger charge is -1.95. The van der Waals surface area contributed by atoms with Gasteiger partial charge in [0.05, 0.1) is 9.85 Å². The zero-order valence-electron chi connectivity index (χ0n) is 7.95. The van der Waals surface area contributed by atoms with Gasteiger partial charge >= 0.3 is 23.0 Å². The van der Waals surface area contributed by atoms with Crippen LogP contribution in [-0.2, 0) is 0 Å². The molecule has 0 aliphatic rings. The number of nitro groups is 4. The summed E-state index contributed by atoms with van der Waals surface area (Å²) >= 11 is 0. The van der Waals surface area contributed by atoms with E-state index in [-0.39, 0.29) is 0 Å². The van der Waals surface area contributed by atoms with Gasteiger partial charge in [-0.1, -0.05) is 0 Å². The Labute approximate surface area is 94.5 Å². The van der Waals surface area contributed by atoms with Gasteiger partial charge in [-0.15, -0.1) is 0 Å². The summed E-state index contributed by atoms with van der Waals surface area (Å²) in [5.41, 5.74) is -3.38. The van der Waals surface area contributed by atoms with Gasteiger partial charge in [-0.25, -0.2) is 0 Å². The van der Waals surface area contributed by atoms with E-state index in [2.05, 4.69) is 10.2 Å². The van der Waals surface area contributed by atoms with E-state index in [1.807, 2.05) is 0 Å². The summed E-state index contributed by atoms with van der Waals surface area (Å²) in [7, 11) is 0. The molecule has 0 spiro atoms. The average molecular weight is 260 g/mol. The highest BCUT2D eigenvalue weighted by molar-refractivity contribution is 5.68. The average Bonchev–Trinajstić information content (AvgIpc) is 2.26. The van der Waals surface area contributed by atoms with Crippen LogP contribution in [0.2, 0.25) is 0 Å². The van der Waals surface area contributed by atoms with Crippen LogP contribution < -0.4 is 0 Å². The molecule has 14 nitrogen and oxygen atoms in total. The third kappa shape index (κ3) is 1.96. The first-order chi connectivity index (χ1) is 8.27. The highest BCUT2D eigenvalue weighted by atomic mass is 16.7. The highest BCUT2D eigenvalue weighted by Gasteiger charge is 2.48. The number of rotatable bonds is 4. The quantitative estimate of drug-likeness (QED) is 0.528. The molecule has 0 saturated heterocycles. The predicted molar refractivity (Wildman–Crippen MR) is 48.6 cm³/mol. The van der Waals surface area contributed by atoms with Crippen LogP contribution >= 0.6 is 0 Å². The summed E-state index contributed by atoms with van der Waals surface area (Å²) in [6.07, 6.45) is 0. The zero-order valence-corrected chi connectivity index (χ0v) is 7.95. The molecule has 18 heavy (non-hydrogen) atoms. The summed E-state index contributed by atoms with van der Waals surface area (Å²) in [4.78, 5) is 36.0. The van der Waals surface area contributed by atoms with Gasteiger partial charge in [-0.3, -0.25) is 20.2 Å². The summed E-state index contributed by atoms with van der Waals surface area (Å²) in [5, 5.41) is 47.1. The molecule has 0 saturated carbocycles. The lowest BCUT2D eigenvalue weighted by molar-refractivity contribution is -0.456. The molecule has 0 fully saturated rings. The van der Waals surface area contributed by atoms with E-state index in [4.69, 9.17) is 0 Å². The Morgan fingerprint density at radius 3 is 1.06 bits per heavy atom. The van der Waals surface area contributed by atoms with Crippen LogP contribution in [-0.4, -0.2) is 29.9 Å². The maximum absolute atomic E-state index is 10.5. The Bertz CT molecular complexity index is 530. The minimum Gasteiger partial charge on any atom is -0.358 e. The summed E-state index contributed by atoms with van der Waals surface area (Å²) in [6, 6.07) is 0. The second kappa shape index (κ2) is 4.28. The lowest BCUT2D eigenvalue weighted by atomic mass is 10.3. The normalized spacial score (nSPS) is 9.78. The molecular weight excluding hydrogens is 260 g/mol. The lowest BCUT2D eigenvalue weighted by Crippen LogP contribution is -2.08. The fourth-order valence-corrected chi connectivity index (χ4v) is 0.983. The molecule has 0 aliphatic carbocycles. The highest BCUT2D eigenvalue weighted by Crippen LogP contribution is 2.39. The Hall–Kier alpha value is -3.32. The Kier molecular flexibility index (Phi) is 3.03. The monoisotopic (exact) mass is 260 g/mol. The minimum absolute atomic E-state index is 1.40. The van der Waals surface area contributed by atoms with Crippen LogP contribution in [0.5, 0.6) is 0 Å². The van der Waals surface area contributed by atoms with Crippen LogP contribution in [0.4, 0.5) is 23.0 Å². The molecule has 0 N–H and O–H groups in total. The van der Waals surface area contributed by atoms with Crippen molar-refractivity contribution in [2.24, 2.45) is 0 Å². The number of aromatic nitrogens is 2. The van der Waals surface area contributed by atoms with E-state index >= 15 is 0 Å². The predicted octanol–water partition coefficient (Wildman–Crippen LogP) is 0.109. The molecule has 94 valence electrons. The second-order valence-electron chi connectivity index (χ2n) is 2.57. The van der Waals surface area contributed by atoms with Crippen molar-refractivity contribution in [3.63, 3.8) is 0 Å². The molecule has 1 rings (SSSR count). The fraction of sp³-hybridized carbons (Fsp3) is 0. The molecule has 0 unspecified atom stereocenters. The summed E-state index contributed by atoms with van der Waals surface area (Å²) in [6.45, 7) is 0. The zero-order chi connectivity index (χ0) is 14.0. The Balaban J connectivity index is 3.82. The Morgan fingerprint density at radius 2 is 0.889 bits per heavy atom.